The molecule has 0 saturated heterocycles. The Morgan fingerprint density at radius 2 is 1.93 bits per heavy atom. The minimum absolute atomic E-state index is 0.135. The molecule has 0 radical (unpaired) electrons. The number of hydrogen-bond donors (Lipinski definition) is 1. The number of rotatable bonds is 6. The molecule has 1 aliphatic carbocycles. The van der Waals surface area contributed by atoms with E-state index < -0.39 is 6.04 Å². The van der Waals surface area contributed by atoms with Crippen LogP contribution in [0.3, 0.4) is 0 Å². The maximum absolute atomic E-state index is 13.2. The summed E-state index contributed by atoms with van der Waals surface area (Å²) in [6.07, 6.45) is 8.26. The average molecular weight is 422 g/mol. The Bertz CT molecular complexity index is 1040. The lowest BCUT2D eigenvalue weighted by molar-refractivity contribution is -0.120. The van der Waals surface area contributed by atoms with Crippen molar-refractivity contribution in [1.82, 2.24) is 9.55 Å². The lowest BCUT2D eigenvalue weighted by Gasteiger charge is -2.28. The first-order valence-corrected chi connectivity index (χ1v) is 11.5. The third-order valence-corrected chi connectivity index (χ3v) is 6.61. The highest BCUT2D eigenvalue weighted by Crippen LogP contribution is 2.32. The van der Waals surface area contributed by atoms with E-state index in [1.54, 1.807) is 16.8 Å². The molecule has 1 unspecified atom stereocenters. The van der Waals surface area contributed by atoms with E-state index in [0.29, 0.717) is 17.5 Å². The number of carbonyl (C=O) groups is 1. The Balaban J connectivity index is 1.68. The van der Waals surface area contributed by atoms with Crippen LogP contribution in [0, 0.1) is 12.8 Å². The average Bonchev–Trinajstić information content (AvgIpc) is 3.27. The Labute approximate surface area is 180 Å². The normalized spacial score (nSPS) is 15.6. The van der Waals surface area contributed by atoms with Gasteiger partial charge in [-0.25, -0.2) is 4.98 Å². The Morgan fingerprint density at radius 1 is 1.17 bits per heavy atom. The molecular weight excluding hydrogens is 394 g/mol. The molecule has 6 heteroatoms. The van der Waals surface area contributed by atoms with Gasteiger partial charge >= 0.3 is 0 Å². The van der Waals surface area contributed by atoms with E-state index in [1.807, 2.05) is 48.7 Å². The highest BCUT2D eigenvalue weighted by atomic mass is 32.1. The Kier molecular flexibility index (Phi) is 6.43. The number of pyridine rings is 1. The highest BCUT2D eigenvalue weighted by Gasteiger charge is 2.28. The van der Waals surface area contributed by atoms with Crippen molar-refractivity contribution in [3.63, 3.8) is 0 Å². The molecule has 30 heavy (non-hydrogen) atoms. The number of nitrogens with zero attached hydrogens (tertiary/aromatic N) is 2. The van der Waals surface area contributed by atoms with Crippen molar-refractivity contribution < 1.29 is 4.79 Å². The largest absolute Gasteiger partial charge is 0.300 e. The number of hydrogen-bond acceptors (Lipinski definition) is 4. The van der Waals surface area contributed by atoms with Crippen LogP contribution in [-0.4, -0.2) is 15.5 Å². The van der Waals surface area contributed by atoms with Crippen LogP contribution in [0.5, 0.6) is 0 Å². The van der Waals surface area contributed by atoms with Crippen LogP contribution in [0.1, 0.15) is 50.3 Å². The Hall–Kier alpha value is -2.73. The number of aryl methyl sites for hydroxylation is 1. The fourth-order valence-electron chi connectivity index (χ4n) is 4.45. The molecular formula is C24H27N3O2S. The van der Waals surface area contributed by atoms with Crippen molar-refractivity contribution in [3.8, 4) is 11.1 Å². The number of aromatic nitrogens is 2. The van der Waals surface area contributed by atoms with Gasteiger partial charge in [-0.1, -0.05) is 62.4 Å². The van der Waals surface area contributed by atoms with E-state index >= 15 is 0 Å². The molecule has 1 aromatic carbocycles. The summed E-state index contributed by atoms with van der Waals surface area (Å²) in [5, 5.41) is 5.32. The molecule has 1 saturated carbocycles. The maximum Gasteiger partial charge on any atom is 0.252 e. The number of anilines is 1. The van der Waals surface area contributed by atoms with Crippen LogP contribution < -0.4 is 10.9 Å². The smallest absolute Gasteiger partial charge is 0.252 e. The van der Waals surface area contributed by atoms with Crippen molar-refractivity contribution in [1.29, 1.82) is 0 Å². The summed E-state index contributed by atoms with van der Waals surface area (Å²) in [5.41, 5.74) is 2.55. The molecule has 3 aromatic rings. The van der Waals surface area contributed by atoms with Crippen LogP contribution in [0.4, 0.5) is 5.13 Å². The summed E-state index contributed by atoms with van der Waals surface area (Å²) in [4.78, 5) is 30.6. The van der Waals surface area contributed by atoms with Gasteiger partial charge in [-0.15, -0.1) is 11.3 Å². The molecule has 5 nitrogen and oxygen atoms in total. The van der Waals surface area contributed by atoms with Gasteiger partial charge in [-0.3, -0.25) is 9.59 Å². The van der Waals surface area contributed by atoms with Crippen LogP contribution >= 0.6 is 11.3 Å². The minimum Gasteiger partial charge on any atom is -0.300 e. The topological polar surface area (TPSA) is 64.0 Å². The van der Waals surface area contributed by atoms with Crippen LogP contribution in [0.15, 0.2) is 58.8 Å². The molecule has 2 heterocycles. The van der Waals surface area contributed by atoms with Gasteiger partial charge in [-0.2, -0.15) is 0 Å². The fourth-order valence-corrected chi connectivity index (χ4v) is 4.98. The second-order valence-electron chi connectivity index (χ2n) is 8.04. The third-order valence-electron chi connectivity index (χ3n) is 5.93. The van der Waals surface area contributed by atoms with Crippen LogP contribution in [-0.2, 0) is 4.79 Å². The number of benzene rings is 1. The van der Waals surface area contributed by atoms with Crippen molar-refractivity contribution in [3.05, 3.63) is 70.1 Å². The molecule has 1 aliphatic rings. The Morgan fingerprint density at radius 3 is 2.60 bits per heavy atom. The number of amides is 1. The predicted molar refractivity (Wildman–Crippen MR) is 122 cm³/mol. The molecule has 1 atom stereocenters. The highest BCUT2D eigenvalue weighted by molar-refractivity contribution is 7.13. The van der Waals surface area contributed by atoms with Crippen molar-refractivity contribution >= 4 is 22.4 Å². The molecule has 1 N–H and O–H groups in total. The zero-order chi connectivity index (χ0) is 20.9. The first-order chi connectivity index (χ1) is 14.6. The van der Waals surface area contributed by atoms with Gasteiger partial charge in [0.05, 0.1) is 0 Å². The predicted octanol–water partition coefficient (Wildman–Crippen LogP) is 5.43. The van der Waals surface area contributed by atoms with E-state index in [1.165, 1.54) is 30.6 Å². The molecule has 1 fully saturated rings. The van der Waals surface area contributed by atoms with Gasteiger partial charge in [0.1, 0.15) is 6.04 Å². The van der Waals surface area contributed by atoms with E-state index in [9.17, 15) is 9.59 Å². The van der Waals surface area contributed by atoms with Gasteiger partial charge in [0.15, 0.2) is 5.13 Å². The first-order valence-electron chi connectivity index (χ1n) is 10.6. The molecule has 0 bridgehead atoms. The van der Waals surface area contributed by atoms with E-state index in [2.05, 4.69) is 10.3 Å². The third kappa shape index (κ3) is 4.70. The van der Waals surface area contributed by atoms with Crippen LogP contribution in [0.25, 0.3) is 11.1 Å². The lowest BCUT2D eigenvalue weighted by Crippen LogP contribution is -2.36. The zero-order valence-corrected chi connectivity index (χ0v) is 18.0. The summed E-state index contributed by atoms with van der Waals surface area (Å²) in [7, 11) is 0. The minimum atomic E-state index is -0.533. The molecule has 0 aliphatic heterocycles. The molecule has 1 amide bonds. The summed E-state index contributed by atoms with van der Waals surface area (Å²) in [6, 6.07) is 13.0. The number of nitrogens with one attached hydrogen (secondary N) is 1. The molecule has 4 rings (SSSR count). The van der Waals surface area contributed by atoms with Gasteiger partial charge < -0.3 is 9.88 Å². The monoisotopic (exact) mass is 421 g/mol. The van der Waals surface area contributed by atoms with E-state index in [-0.39, 0.29) is 11.5 Å². The second-order valence-corrected chi connectivity index (χ2v) is 8.94. The first kappa shape index (κ1) is 20.5. The van der Waals surface area contributed by atoms with Gasteiger partial charge in [0, 0.05) is 23.3 Å². The zero-order valence-electron chi connectivity index (χ0n) is 17.2. The van der Waals surface area contributed by atoms with Crippen molar-refractivity contribution in [2.24, 2.45) is 5.92 Å². The fraction of sp³-hybridized carbons (Fsp3) is 0.375. The SMILES string of the molecule is Cc1cc(-c2ccccc2)cc(=O)n1C(CC1CCCCC1)C(=O)Nc1nccs1. The van der Waals surface area contributed by atoms with Crippen molar-refractivity contribution in [2.75, 3.05) is 5.32 Å². The number of carbonyl (C=O) groups excluding carboxylic acids is 1. The lowest BCUT2D eigenvalue weighted by atomic mass is 9.84. The second kappa shape index (κ2) is 9.39. The summed E-state index contributed by atoms with van der Waals surface area (Å²) in [6.45, 7) is 1.92. The summed E-state index contributed by atoms with van der Waals surface area (Å²) < 4.78 is 1.67. The molecule has 156 valence electrons. The van der Waals surface area contributed by atoms with E-state index in [0.717, 1.165) is 29.7 Å². The van der Waals surface area contributed by atoms with Crippen LogP contribution in [0.2, 0.25) is 0 Å². The maximum atomic E-state index is 13.2. The quantitative estimate of drug-likeness (QED) is 0.577. The van der Waals surface area contributed by atoms with Gasteiger partial charge in [0.25, 0.3) is 5.56 Å². The molecule has 2 aromatic heterocycles. The van der Waals surface area contributed by atoms with Gasteiger partial charge in [-0.05, 0) is 36.5 Å². The van der Waals surface area contributed by atoms with E-state index in [4.69, 9.17) is 0 Å². The summed E-state index contributed by atoms with van der Waals surface area (Å²) >= 11 is 1.39. The summed E-state index contributed by atoms with van der Waals surface area (Å²) in [5.74, 6) is 0.305. The standard InChI is InChI=1S/C24H27N3O2S/c1-17-14-20(19-10-6-3-7-11-19)16-22(28)27(17)21(15-18-8-4-2-5-9-18)23(29)26-24-25-12-13-30-24/h3,6-7,10-14,16,18,21H,2,4-5,8-9,15H2,1H3,(H,25,26,29). The molecule has 0 spiro atoms. The van der Waals surface area contributed by atoms with Gasteiger partial charge in [0.2, 0.25) is 5.91 Å². The van der Waals surface area contributed by atoms with Crippen molar-refractivity contribution in [2.45, 2.75) is 51.5 Å². The number of thiazole rings is 1.